The zero-order valence-corrected chi connectivity index (χ0v) is 13.1. The third kappa shape index (κ3) is 3.71. The SMILES string of the molecule is CN(Cc1cc(Br)ccc1O)C1CCCCC1CN. The summed E-state index contributed by atoms with van der Waals surface area (Å²) in [6.45, 7) is 1.53. The van der Waals surface area contributed by atoms with Gasteiger partial charge in [0.25, 0.3) is 0 Å². The lowest BCUT2D eigenvalue weighted by molar-refractivity contribution is 0.126. The van der Waals surface area contributed by atoms with Crippen LogP contribution in [0.2, 0.25) is 0 Å². The number of aromatic hydroxyl groups is 1. The molecule has 1 aromatic rings. The first-order chi connectivity index (χ1) is 9.11. The average molecular weight is 327 g/mol. The lowest BCUT2D eigenvalue weighted by Crippen LogP contribution is -2.42. The van der Waals surface area contributed by atoms with Crippen LogP contribution in [0.1, 0.15) is 31.2 Å². The van der Waals surface area contributed by atoms with Gasteiger partial charge in [-0.25, -0.2) is 0 Å². The summed E-state index contributed by atoms with van der Waals surface area (Å²) < 4.78 is 1.01. The number of hydrogen-bond acceptors (Lipinski definition) is 3. The fraction of sp³-hybridized carbons (Fsp3) is 0.600. The van der Waals surface area contributed by atoms with E-state index in [0.717, 1.165) is 23.1 Å². The summed E-state index contributed by atoms with van der Waals surface area (Å²) in [7, 11) is 2.14. The molecule has 106 valence electrons. The molecule has 1 aromatic carbocycles. The molecule has 1 aliphatic carbocycles. The largest absolute Gasteiger partial charge is 0.508 e. The van der Waals surface area contributed by atoms with E-state index >= 15 is 0 Å². The van der Waals surface area contributed by atoms with Crippen molar-refractivity contribution < 1.29 is 5.11 Å². The Hall–Kier alpha value is -0.580. The number of hydrogen-bond donors (Lipinski definition) is 2. The van der Waals surface area contributed by atoms with Crippen molar-refractivity contribution >= 4 is 15.9 Å². The zero-order chi connectivity index (χ0) is 13.8. The minimum atomic E-state index is 0.371. The Morgan fingerprint density at radius 3 is 2.84 bits per heavy atom. The Kier molecular flexibility index (Phi) is 5.25. The number of phenolic OH excluding ortho intramolecular Hbond substituents is 1. The van der Waals surface area contributed by atoms with Gasteiger partial charge >= 0.3 is 0 Å². The van der Waals surface area contributed by atoms with Gasteiger partial charge in [-0.2, -0.15) is 0 Å². The maximum absolute atomic E-state index is 9.93. The second-order valence-electron chi connectivity index (χ2n) is 5.54. The summed E-state index contributed by atoms with van der Waals surface area (Å²) in [5.41, 5.74) is 6.87. The predicted molar refractivity (Wildman–Crippen MR) is 82.1 cm³/mol. The van der Waals surface area contributed by atoms with Gasteiger partial charge in [0.1, 0.15) is 5.75 Å². The van der Waals surface area contributed by atoms with E-state index in [1.807, 2.05) is 12.1 Å². The van der Waals surface area contributed by atoms with Gasteiger partial charge in [0.2, 0.25) is 0 Å². The molecule has 0 radical (unpaired) electrons. The topological polar surface area (TPSA) is 49.5 Å². The molecular weight excluding hydrogens is 304 g/mol. The quantitative estimate of drug-likeness (QED) is 0.893. The van der Waals surface area contributed by atoms with Gasteiger partial charge < -0.3 is 10.8 Å². The fourth-order valence-corrected chi connectivity index (χ4v) is 3.52. The maximum Gasteiger partial charge on any atom is 0.120 e. The Labute approximate surface area is 123 Å². The van der Waals surface area contributed by atoms with Crippen molar-refractivity contribution in [3.63, 3.8) is 0 Å². The lowest BCUT2D eigenvalue weighted by atomic mass is 9.83. The highest BCUT2D eigenvalue weighted by Crippen LogP contribution is 2.30. The van der Waals surface area contributed by atoms with Crippen LogP contribution < -0.4 is 5.73 Å². The van der Waals surface area contributed by atoms with Crippen LogP contribution in [-0.4, -0.2) is 29.6 Å². The molecule has 0 amide bonds. The predicted octanol–water partition coefficient (Wildman–Crippen LogP) is 3.10. The molecular formula is C15H23BrN2O. The molecule has 0 saturated heterocycles. The standard InChI is InChI=1S/C15H23BrN2O/c1-18(14-5-3-2-4-11(14)9-17)10-12-8-13(16)6-7-15(12)19/h6-8,11,14,19H,2-5,9-10,17H2,1H3. The van der Waals surface area contributed by atoms with Gasteiger partial charge in [-0.05, 0) is 50.6 Å². The van der Waals surface area contributed by atoms with E-state index in [1.165, 1.54) is 25.7 Å². The first kappa shape index (κ1) is 14.8. The molecule has 0 aromatic heterocycles. The molecule has 0 spiro atoms. The van der Waals surface area contributed by atoms with Crippen LogP contribution in [-0.2, 0) is 6.54 Å². The molecule has 2 rings (SSSR count). The molecule has 3 N–H and O–H groups in total. The Morgan fingerprint density at radius 1 is 1.37 bits per heavy atom. The van der Waals surface area contributed by atoms with Crippen LogP contribution in [0.25, 0.3) is 0 Å². The first-order valence-electron chi connectivity index (χ1n) is 6.99. The monoisotopic (exact) mass is 326 g/mol. The number of rotatable bonds is 4. The van der Waals surface area contributed by atoms with Crippen molar-refractivity contribution in [1.29, 1.82) is 0 Å². The van der Waals surface area contributed by atoms with E-state index in [1.54, 1.807) is 6.07 Å². The smallest absolute Gasteiger partial charge is 0.120 e. The summed E-state index contributed by atoms with van der Waals surface area (Å²) in [5.74, 6) is 0.961. The third-order valence-electron chi connectivity index (χ3n) is 4.20. The van der Waals surface area contributed by atoms with Crippen molar-refractivity contribution in [1.82, 2.24) is 4.90 Å². The molecule has 1 aliphatic rings. The fourth-order valence-electron chi connectivity index (χ4n) is 3.11. The molecule has 1 saturated carbocycles. The van der Waals surface area contributed by atoms with Crippen LogP contribution in [0.3, 0.4) is 0 Å². The summed E-state index contributed by atoms with van der Waals surface area (Å²) in [6, 6.07) is 6.14. The normalized spacial score (nSPS) is 23.8. The number of halogens is 1. The number of nitrogens with zero attached hydrogens (tertiary/aromatic N) is 1. The van der Waals surface area contributed by atoms with Crippen molar-refractivity contribution in [2.24, 2.45) is 11.7 Å². The summed E-state index contributed by atoms with van der Waals surface area (Å²) >= 11 is 3.46. The first-order valence-corrected chi connectivity index (χ1v) is 7.79. The van der Waals surface area contributed by atoms with Gasteiger partial charge in [0, 0.05) is 22.6 Å². The molecule has 0 heterocycles. The van der Waals surface area contributed by atoms with Crippen LogP contribution >= 0.6 is 15.9 Å². The molecule has 2 atom stereocenters. The highest BCUT2D eigenvalue weighted by atomic mass is 79.9. The summed E-state index contributed by atoms with van der Waals surface area (Å²) in [4.78, 5) is 2.35. The average Bonchev–Trinajstić information content (AvgIpc) is 2.42. The Morgan fingerprint density at radius 2 is 2.11 bits per heavy atom. The maximum atomic E-state index is 9.93. The van der Waals surface area contributed by atoms with E-state index in [4.69, 9.17) is 5.73 Å². The molecule has 3 nitrogen and oxygen atoms in total. The number of phenols is 1. The van der Waals surface area contributed by atoms with Crippen LogP contribution in [0, 0.1) is 5.92 Å². The van der Waals surface area contributed by atoms with Gasteiger partial charge in [-0.3, -0.25) is 4.90 Å². The molecule has 4 heteroatoms. The third-order valence-corrected chi connectivity index (χ3v) is 4.69. The van der Waals surface area contributed by atoms with Crippen LogP contribution in [0.15, 0.2) is 22.7 Å². The Balaban J connectivity index is 2.06. The van der Waals surface area contributed by atoms with Crippen molar-refractivity contribution in [2.45, 2.75) is 38.3 Å². The second kappa shape index (κ2) is 6.73. The highest BCUT2D eigenvalue weighted by Gasteiger charge is 2.27. The van der Waals surface area contributed by atoms with E-state index in [2.05, 4.69) is 27.9 Å². The second-order valence-corrected chi connectivity index (χ2v) is 6.45. The zero-order valence-electron chi connectivity index (χ0n) is 11.5. The molecule has 1 fully saturated rings. The van der Waals surface area contributed by atoms with Crippen molar-refractivity contribution in [2.75, 3.05) is 13.6 Å². The van der Waals surface area contributed by atoms with E-state index in [9.17, 15) is 5.11 Å². The molecule has 0 bridgehead atoms. The summed E-state index contributed by atoms with van der Waals surface area (Å²) in [5, 5.41) is 9.93. The van der Waals surface area contributed by atoms with E-state index in [-0.39, 0.29) is 0 Å². The minimum absolute atomic E-state index is 0.371. The van der Waals surface area contributed by atoms with Gasteiger partial charge in [0.15, 0.2) is 0 Å². The lowest BCUT2D eigenvalue weighted by Gasteiger charge is -2.37. The van der Waals surface area contributed by atoms with Crippen LogP contribution in [0.4, 0.5) is 0 Å². The summed E-state index contributed by atoms with van der Waals surface area (Å²) in [6.07, 6.45) is 5.04. The number of benzene rings is 1. The van der Waals surface area contributed by atoms with Gasteiger partial charge in [0.05, 0.1) is 0 Å². The number of nitrogens with two attached hydrogens (primary N) is 1. The van der Waals surface area contributed by atoms with E-state index in [0.29, 0.717) is 17.7 Å². The van der Waals surface area contributed by atoms with Crippen LogP contribution in [0.5, 0.6) is 5.75 Å². The highest BCUT2D eigenvalue weighted by molar-refractivity contribution is 9.10. The Bertz CT molecular complexity index is 425. The van der Waals surface area contributed by atoms with Gasteiger partial charge in [-0.1, -0.05) is 28.8 Å². The van der Waals surface area contributed by atoms with Gasteiger partial charge in [-0.15, -0.1) is 0 Å². The molecule has 0 aliphatic heterocycles. The molecule has 2 unspecified atom stereocenters. The molecule has 19 heavy (non-hydrogen) atoms. The van der Waals surface area contributed by atoms with Crippen molar-refractivity contribution in [3.05, 3.63) is 28.2 Å². The van der Waals surface area contributed by atoms with Crippen molar-refractivity contribution in [3.8, 4) is 5.75 Å². The minimum Gasteiger partial charge on any atom is -0.508 e. The van der Waals surface area contributed by atoms with E-state index < -0.39 is 0 Å².